The summed E-state index contributed by atoms with van der Waals surface area (Å²) in [6.07, 6.45) is 0. The van der Waals surface area contributed by atoms with Gasteiger partial charge in [0, 0.05) is 39.8 Å². The van der Waals surface area contributed by atoms with Gasteiger partial charge in [-0.25, -0.2) is 0 Å². The normalized spacial score (nSPS) is 2.40. The van der Waals surface area contributed by atoms with Gasteiger partial charge in [0.1, 0.15) is 0 Å². The first-order chi connectivity index (χ1) is 2.00. The van der Waals surface area contributed by atoms with Gasteiger partial charge in [0.15, 0.2) is 0 Å². The smallest absolute Gasteiger partial charge is 0.0319 e. The van der Waals surface area contributed by atoms with E-state index in [9.17, 15) is 0 Å². The summed E-state index contributed by atoms with van der Waals surface area (Å²) in [5.41, 5.74) is 0. The topological polar surface area (TPSA) is 40.5 Å². The molecule has 2 nitrogen and oxygen atoms in total. The Kier molecular flexibility index (Phi) is 165. The van der Waals surface area contributed by atoms with Crippen molar-refractivity contribution in [2.24, 2.45) is 0 Å². The summed E-state index contributed by atoms with van der Waals surface area (Å²) in [7, 11) is 2.42. The van der Waals surface area contributed by atoms with Gasteiger partial charge >= 0.3 is 0 Å². The molecule has 1 unspecified atom stereocenters. The molecule has 0 spiro atoms. The summed E-state index contributed by atoms with van der Waals surface area (Å²) in [6.45, 7) is 0. The van der Waals surface area contributed by atoms with Gasteiger partial charge in [-0.3, -0.25) is 0 Å². The molecular formula is CH7O2PY. The van der Waals surface area contributed by atoms with Crippen LogP contribution in [0.15, 0.2) is 0 Å². The Morgan fingerprint density at radius 2 is 1.20 bits per heavy atom. The van der Waals surface area contributed by atoms with Gasteiger partial charge in [-0.2, -0.15) is 0 Å². The fourth-order valence-electron chi connectivity index (χ4n) is 0. The number of aliphatic hydroxyl groups excluding tert-OH is 1. The van der Waals surface area contributed by atoms with Crippen LogP contribution in [0.1, 0.15) is 0 Å². The van der Waals surface area contributed by atoms with Crippen LogP contribution in [-0.4, -0.2) is 17.1 Å². The largest absolute Gasteiger partial charge is 0.400 e. The van der Waals surface area contributed by atoms with Crippen LogP contribution in [0.2, 0.25) is 0 Å². The van der Waals surface area contributed by atoms with E-state index >= 15 is 0 Å². The fraction of sp³-hybridized carbons (Fsp3) is 1.00. The van der Waals surface area contributed by atoms with E-state index in [1.54, 1.807) is 0 Å². The molecule has 0 rings (SSSR count). The van der Waals surface area contributed by atoms with Gasteiger partial charge in [0.25, 0.3) is 0 Å². The van der Waals surface area contributed by atoms with E-state index in [1.807, 2.05) is 0 Å². The van der Waals surface area contributed by atoms with E-state index < -0.39 is 0 Å². The Balaban J connectivity index is -0.0000000133. The quantitative estimate of drug-likeness (QED) is 0.476. The Labute approximate surface area is 59.1 Å². The van der Waals surface area contributed by atoms with Crippen molar-refractivity contribution in [1.82, 2.24) is 0 Å². The Morgan fingerprint density at radius 1 is 1.20 bits per heavy atom. The summed E-state index contributed by atoms with van der Waals surface area (Å²) in [6, 6.07) is 0. The summed E-state index contributed by atoms with van der Waals surface area (Å²) < 4.78 is 0. The maximum Gasteiger partial charge on any atom is 0.0319 e. The van der Waals surface area contributed by atoms with Crippen molar-refractivity contribution in [3.63, 3.8) is 0 Å². The van der Waals surface area contributed by atoms with E-state index in [0.717, 1.165) is 7.11 Å². The minimum Gasteiger partial charge on any atom is -0.400 e. The molecule has 0 aromatic carbocycles. The molecule has 0 bridgehead atoms. The molecule has 0 saturated carbocycles. The number of hydrogen-bond donors (Lipinski definition) is 2. The van der Waals surface area contributed by atoms with Gasteiger partial charge in [0.05, 0.1) is 0 Å². The molecular weight excluding hydrogens is 164 g/mol. The molecule has 31 valence electrons. The van der Waals surface area contributed by atoms with E-state index in [0.29, 0.717) is 0 Å². The Hall–Kier alpha value is 1.45. The molecule has 0 aromatic heterocycles. The van der Waals surface area contributed by atoms with Crippen LogP contribution in [0.4, 0.5) is 0 Å². The van der Waals surface area contributed by atoms with Gasteiger partial charge in [-0.15, -0.1) is 0 Å². The summed E-state index contributed by atoms with van der Waals surface area (Å²) in [5.74, 6) is 0. The zero-order valence-electron chi connectivity index (χ0n) is 3.05. The molecule has 1 radical (unpaired) electrons. The molecule has 0 fully saturated rings. The first-order valence-electron chi connectivity index (χ1n) is 0.705. The van der Waals surface area contributed by atoms with Crippen molar-refractivity contribution < 1.29 is 42.7 Å². The third-order valence-electron chi connectivity index (χ3n) is 0. The molecule has 1 atom stereocenters. The van der Waals surface area contributed by atoms with E-state index in [-0.39, 0.29) is 32.7 Å². The minimum atomic E-state index is 0. The van der Waals surface area contributed by atoms with Crippen LogP contribution in [0.3, 0.4) is 0 Å². The molecule has 0 aliphatic carbocycles. The van der Waals surface area contributed by atoms with Crippen LogP contribution in [0.25, 0.3) is 0 Å². The standard InChI is InChI=1S/CH4O.H3OP.Y/c2*1-2;/h2H,1H3;1H,2H2;. The van der Waals surface area contributed by atoms with Gasteiger partial charge in [-0.1, -0.05) is 0 Å². The summed E-state index contributed by atoms with van der Waals surface area (Å²) in [4.78, 5) is 6.92. The predicted molar refractivity (Wildman–Crippen MR) is 20.1 cm³/mol. The van der Waals surface area contributed by atoms with Gasteiger partial charge in [0.2, 0.25) is 0 Å². The van der Waals surface area contributed by atoms with Crippen molar-refractivity contribution in [3.05, 3.63) is 0 Å². The van der Waals surface area contributed by atoms with Crippen molar-refractivity contribution in [1.29, 1.82) is 0 Å². The molecule has 0 amide bonds. The first kappa shape index (κ1) is 16.1. The maximum atomic E-state index is 7.00. The average molecular weight is 171 g/mol. The molecule has 0 heterocycles. The third kappa shape index (κ3) is 30.8. The molecule has 0 aliphatic heterocycles. The monoisotopic (exact) mass is 171 g/mol. The third-order valence-corrected chi connectivity index (χ3v) is 0. The van der Waals surface area contributed by atoms with Crippen molar-refractivity contribution in [2.45, 2.75) is 0 Å². The van der Waals surface area contributed by atoms with Crippen molar-refractivity contribution in [3.8, 4) is 0 Å². The van der Waals surface area contributed by atoms with Crippen molar-refractivity contribution >= 4 is 9.47 Å². The zero-order valence-corrected chi connectivity index (χ0v) is 7.04. The van der Waals surface area contributed by atoms with E-state index in [4.69, 9.17) is 10.00 Å². The number of aliphatic hydroxyl groups is 1. The summed E-state index contributed by atoms with van der Waals surface area (Å²) >= 11 is 0. The van der Waals surface area contributed by atoms with Crippen LogP contribution < -0.4 is 0 Å². The fourth-order valence-corrected chi connectivity index (χ4v) is 0. The first-order valence-corrected chi connectivity index (χ1v) is 1.22. The molecule has 2 N–H and O–H groups in total. The summed E-state index contributed by atoms with van der Waals surface area (Å²) in [5, 5.41) is 7.00. The number of rotatable bonds is 0. The minimum absolute atomic E-state index is 0. The second-order valence-electron chi connectivity index (χ2n) is 0. The van der Waals surface area contributed by atoms with Crippen LogP contribution in [0.5, 0.6) is 0 Å². The van der Waals surface area contributed by atoms with E-state index in [1.165, 1.54) is 9.47 Å². The zero-order chi connectivity index (χ0) is 4.00. The predicted octanol–water partition coefficient (Wildman–Crippen LogP) is -0.625. The second kappa shape index (κ2) is 51.2. The molecule has 0 aliphatic rings. The van der Waals surface area contributed by atoms with Crippen LogP contribution in [0, 0.1) is 0 Å². The Bertz CT molecular complexity index is 9.61. The van der Waals surface area contributed by atoms with Gasteiger partial charge in [-0.05, 0) is 9.47 Å². The van der Waals surface area contributed by atoms with E-state index in [2.05, 4.69) is 0 Å². The molecule has 0 saturated heterocycles. The number of hydrogen-bond acceptors (Lipinski definition) is 2. The van der Waals surface area contributed by atoms with Crippen LogP contribution >= 0.6 is 9.47 Å². The molecule has 0 aromatic rings. The molecule has 4 heteroatoms. The second-order valence-corrected chi connectivity index (χ2v) is 0. The molecule has 5 heavy (non-hydrogen) atoms. The van der Waals surface area contributed by atoms with Crippen molar-refractivity contribution in [2.75, 3.05) is 7.11 Å². The van der Waals surface area contributed by atoms with Crippen LogP contribution in [-0.2, 0) is 32.7 Å². The maximum absolute atomic E-state index is 7.00. The average Bonchev–Trinajstić information content (AvgIpc) is 1.50. The Morgan fingerprint density at radius 3 is 1.20 bits per heavy atom. The SMILES string of the molecule is CO.OP.[Y]. The van der Waals surface area contributed by atoms with Gasteiger partial charge < -0.3 is 10.00 Å².